The van der Waals surface area contributed by atoms with E-state index in [0.717, 1.165) is 29.7 Å². The van der Waals surface area contributed by atoms with Crippen molar-refractivity contribution in [2.24, 2.45) is 0 Å². The summed E-state index contributed by atoms with van der Waals surface area (Å²) in [7, 11) is 0. The Kier molecular flexibility index (Phi) is 2.46. The van der Waals surface area contributed by atoms with E-state index in [1.807, 2.05) is 12.1 Å². The van der Waals surface area contributed by atoms with E-state index in [4.69, 9.17) is 10.4 Å². The van der Waals surface area contributed by atoms with Gasteiger partial charge in [-0.25, -0.2) is 4.98 Å². The molecule has 3 rings (SSSR count). The molecular weight excluding hydrogens is 210 g/mol. The van der Waals surface area contributed by atoms with Gasteiger partial charge in [-0.3, -0.25) is 5.41 Å². The minimum atomic E-state index is 0.635. The SMILES string of the molecule is Cc1cccc2c(=N)n3c(nc12)CCCCC3. The average Bonchev–Trinajstić information content (AvgIpc) is 2.56. The lowest BCUT2D eigenvalue weighted by Gasteiger charge is -2.12. The third-order valence-electron chi connectivity index (χ3n) is 3.60. The van der Waals surface area contributed by atoms with Crippen LogP contribution in [0.15, 0.2) is 18.2 Å². The molecule has 0 radical (unpaired) electrons. The molecule has 0 spiro atoms. The number of aromatic nitrogens is 2. The highest BCUT2D eigenvalue weighted by Crippen LogP contribution is 2.17. The monoisotopic (exact) mass is 227 g/mol. The maximum atomic E-state index is 8.33. The Morgan fingerprint density at radius 2 is 2.12 bits per heavy atom. The predicted octanol–water partition coefficient (Wildman–Crippen LogP) is 2.55. The minimum Gasteiger partial charge on any atom is -0.314 e. The lowest BCUT2D eigenvalue weighted by atomic mass is 10.1. The molecule has 0 saturated carbocycles. The number of para-hydroxylation sites is 1. The van der Waals surface area contributed by atoms with Gasteiger partial charge in [0, 0.05) is 18.4 Å². The van der Waals surface area contributed by atoms with E-state index in [9.17, 15) is 0 Å². The first-order chi connectivity index (χ1) is 8.27. The molecule has 1 aromatic heterocycles. The molecular formula is C14H17N3. The summed E-state index contributed by atoms with van der Waals surface area (Å²) in [5.74, 6) is 1.09. The van der Waals surface area contributed by atoms with Crippen molar-refractivity contribution in [3.8, 4) is 0 Å². The molecule has 1 aliphatic rings. The topological polar surface area (TPSA) is 41.7 Å². The molecule has 0 amide bonds. The van der Waals surface area contributed by atoms with E-state index in [2.05, 4.69) is 17.6 Å². The summed E-state index contributed by atoms with van der Waals surface area (Å²) in [6, 6.07) is 6.10. The minimum absolute atomic E-state index is 0.635. The van der Waals surface area contributed by atoms with Gasteiger partial charge < -0.3 is 4.57 Å². The molecule has 3 heteroatoms. The quantitative estimate of drug-likeness (QED) is 0.738. The molecule has 1 aliphatic heterocycles. The van der Waals surface area contributed by atoms with Crippen molar-refractivity contribution in [1.29, 1.82) is 5.41 Å². The smallest absolute Gasteiger partial charge is 0.135 e. The molecule has 0 fully saturated rings. The summed E-state index contributed by atoms with van der Waals surface area (Å²) in [6.45, 7) is 3.02. The summed E-state index contributed by atoms with van der Waals surface area (Å²) in [5, 5.41) is 9.32. The van der Waals surface area contributed by atoms with Crippen molar-refractivity contribution in [2.75, 3.05) is 0 Å². The van der Waals surface area contributed by atoms with Crippen molar-refractivity contribution in [3.05, 3.63) is 35.1 Å². The highest BCUT2D eigenvalue weighted by molar-refractivity contribution is 5.80. The highest BCUT2D eigenvalue weighted by Gasteiger charge is 2.12. The zero-order valence-electron chi connectivity index (χ0n) is 10.2. The highest BCUT2D eigenvalue weighted by atomic mass is 15.1. The first-order valence-electron chi connectivity index (χ1n) is 6.31. The molecule has 0 aliphatic carbocycles. The lowest BCUT2D eigenvalue weighted by Crippen LogP contribution is -2.24. The number of rotatable bonds is 0. The standard InChI is InChI=1S/C14H17N3/c1-10-6-5-7-11-13(10)16-12-8-3-2-4-9-17(12)14(11)15/h5-7,15H,2-4,8-9H2,1H3. The Labute approximate surface area is 101 Å². The summed E-state index contributed by atoms with van der Waals surface area (Å²) in [5.41, 5.74) is 2.81. The number of hydrogen-bond acceptors (Lipinski definition) is 2. The Balaban J connectivity index is 2.37. The molecule has 0 atom stereocenters. The molecule has 2 heterocycles. The summed E-state index contributed by atoms with van der Waals surface area (Å²) in [4.78, 5) is 4.78. The van der Waals surface area contributed by atoms with Gasteiger partial charge in [0.2, 0.25) is 0 Å². The zero-order valence-corrected chi connectivity index (χ0v) is 10.2. The van der Waals surface area contributed by atoms with Crippen LogP contribution >= 0.6 is 0 Å². The van der Waals surface area contributed by atoms with E-state index in [1.165, 1.54) is 24.8 Å². The second-order valence-electron chi connectivity index (χ2n) is 4.81. The van der Waals surface area contributed by atoms with Gasteiger partial charge in [-0.05, 0) is 31.4 Å². The maximum Gasteiger partial charge on any atom is 0.135 e. The average molecular weight is 227 g/mol. The van der Waals surface area contributed by atoms with Crippen LogP contribution in [-0.4, -0.2) is 9.55 Å². The van der Waals surface area contributed by atoms with Crippen molar-refractivity contribution in [1.82, 2.24) is 9.55 Å². The number of fused-ring (bicyclic) bond motifs is 2. The predicted molar refractivity (Wildman–Crippen MR) is 67.9 cm³/mol. The van der Waals surface area contributed by atoms with Crippen LogP contribution in [0.2, 0.25) is 0 Å². The summed E-state index contributed by atoms with van der Waals surface area (Å²) in [6.07, 6.45) is 4.63. The van der Waals surface area contributed by atoms with Crippen LogP contribution in [0.3, 0.4) is 0 Å². The second-order valence-corrected chi connectivity index (χ2v) is 4.81. The van der Waals surface area contributed by atoms with Gasteiger partial charge in [-0.2, -0.15) is 0 Å². The van der Waals surface area contributed by atoms with Crippen LogP contribution in [-0.2, 0) is 13.0 Å². The van der Waals surface area contributed by atoms with Gasteiger partial charge in [0.1, 0.15) is 11.3 Å². The van der Waals surface area contributed by atoms with Gasteiger partial charge >= 0.3 is 0 Å². The lowest BCUT2D eigenvalue weighted by molar-refractivity contribution is 0.602. The van der Waals surface area contributed by atoms with Gasteiger partial charge in [-0.15, -0.1) is 0 Å². The second kappa shape index (κ2) is 3.99. The van der Waals surface area contributed by atoms with E-state index in [-0.39, 0.29) is 0 Å². The first kappa shape index (κ1) is 10.5. The van der Waals surface area contributed by atoms with Crippen LogP contribution in [0.1, 0.15) is 30.7 Å². The molecule has 1 aromatic carbocycles. The molecule has 1 N–H and O–H groups in total. The van der Waals surface area contributed by atoms with Gasteiger partial charge in [0.05, 0.1) is 5.52 Å². The fraction of sp³-hybridized carbons (Fsp3) is 0.429. The Bertz CT molecular complexity index is 625. The van der Waals surface area contributed by atoms with Gasteiger partial charge in [-0.1, -0.05) is 18.6 Å². The molecule has 17 heavy (non-hydrogen) atoms. The zero-order chi connectivity index (χ0) is 11.8. The summed E-state index contributed by atoms with van der Waals surface area (Å²) >= 11 is 0. The molecule has 0 bridgehead atoms. The van der Waals surface area contributed by atoms with Crippen LogP contribution in [0.4, 0.5) is 0 Å². The molecule has 0 unspecified atom stereocenters. The van der Waals surface area contributed by atoms with Crippen LogP contribution in [0.5, 0.6) is 0 Å². The summed E-state index contributed by atoms with van der Waals surface area (Å²) < 4.78 is 2.09. The molecule has 88 valence electrons. The van der Waals surface area contributed by atoms with Crippen LogP contribution < -0.4 is 5.49 Å². The first-order valence-corrected chi connectivity index (χ1v) is 6.31. The Morgan fingerprint density at radius 3 is 3.00 bits per heavy atom. The number of hydrogen-bond donors (Lipinski definition) is 1. The number of nitrogens with one attached hydrogen (secondary N) is 1. The normalized spacial score (nSPS) is 15.6. The van der Waals surface area contributed by atoms with Crippen molar-refractivity contribution in [2.45, 2.75) is 39.2 Å². The third kappa shape index (κ3) is 1.66. The van der Waals surface area contributed by atoms with Crippen molar-refractivity contribution < 1.29 is 0 Å². The molecule has 3 nitrogen and oxygen atoms in total. The van der Waals surface area contributed by atoms with Crippen LogP contribution in [0, 0.1) is 12.3 Å². The van der Waals surface area contributed by atoms with E-state index in [0.29, 0.717) is 5.49 Å². The number of benzene rings is 1. The third-order valence-corrected chi connectivity index (χ3v) is 3.60. The van der Waals surface area contributed by atoms with Crippen LogP contribution in [0.25, 0.3) is 10.9 Å². The van der Waals surface area contributed by atoms with E-state index >= 15 is 0 Å². The van der Waals surface area contributed by atoms with Gasteiger partial charge in [0.25, 0.3) is 0 Å². The largest absolute Gasteiger partial charge is 0.314 e. The van der Waals surface area contributed by atoms with Crippen molar-refractivity contribution in [3.63, 3.8) is 0 Å². The number of nitrogens with zero attached hydrogens (tertiary/aromatic N) is 2. The van der Waals surface area contributed by atoms with E-state index < -0.39 is 0 Å². The fourth-order valence-corrected chi connectivity index (χ4v) is 2.62. The Hall–Kier alpha value is -1.64. The fourth-order valence-electron chi connectivity index (χ4n) is 2.62. The molecule has 0 saturated heterocycles. The van der Waals surface area contributed by atoms with Gasteiger partial charge in [0.15, 0.2) is 0 Å². The van der Waals surface area contributed by atoms with Crippen molar-refractivity contribution >= 4 is 10.9 Å². The molecule has 2 aromatic rings. The number of aryl methyl sites for hydroxylation is 2. The van der Waals surface area contributed by atoms with E-state index in [1.54, 1.807) is 0 Å². The Morgan fingerprint density at radius 1 is 1.24 bits per heavy atom. The maximum absolute atomic E-state index is 8.33.